The molecular weight excluding hydrogens is 336 g/mol. The summed E-state index contributed by atoms with van der Waals surface area (Å²) in [7, 11) is 1.98. The van der Waals surface area contributed by atoms with Gasteiger partial charge in [0, 0.05) is 42.2 Å². The molecule has 6 heteroatoms. The van der Waals surface area contributed by atoms with Crippen molar-refractivity contribution in [2.75, 3.05) is 11.9 Å². The van der Waals surface area contributed by atoms with Crippen LogP contribution >= 0.6 is 0 Å². The van der Waals surface area contributed by atoms with E-state index in [1.165, 1.54) is 0 Å². The first kappa shape index (κ1) is 15.5. The van der Waals surface area contributed by atoms with E-state index in [-0.39, 0.29) is 0 Å². The Balaban J connectivity index is 1.68. The zero-order valence-corrected chi connectivity index (χ0v) is 14.7. The van der Waals surface area contributed by atoms with Crippen molar-refractivity contribution in [3.05, 3.63) is 79.5 Å². The first-order valence-electron chi connectivity index (χ1n) is 8.63. The highest BCUT2D eigenvalue weighted by molar-refractivity contribution is 5.96. The molecule has 0 fully saturated rings. The Morgan fingerprint density at radius 2 is 1.78 bits per heavy atom. The highest BCUT2D eigenvalue weighted by Gasteiger charge is 2.14. The monoisotopic (exact) mass is 352 g/mol. The van der Waals surface area contributed by atoms with E-state index >= 15 is 0 Å². The molecule has 0 saturated heterocycles. The molecule has 0 saturated carbocycles. The molecule has 5 aromatic rings. The number of rotatable bonds is 3. The van der Waals surface area contributed by atoms with Gasteiger partial charge in [-0.2, -0.15) is 5.10 Å². The van der Waals surface area contributed by atoms with Gasteiger partial charge in [0.25, 0.3) is 0 Å². The van der Waals surface area contributed by atoms with Crippen LogP contribution in [0.15, 0.2) is 79.5 Å². The highest BCUT2D eigenvalue weighted by atomic mass is 15.3. The third-order valence-electron chi connectivity index (χ3n) is 4.65. The third-order valence-corrected chi connectivity index (χ3v) is 4.65. The fourth-order valence-electron chi connectivity index (χ4n) is 3.24. The van der Waals surface area contributed by atoms with Crippen molar-refractivity contribution < 1.29 is 0 Å². The summed E-state index contributed by atoms with van der Waals surface area (Å²) in [6, 6.07) is 16.0. The summed E-state index contributed by atoms with van der Waals surface area (Å²) in [5.74, 6) is 0.824. The van der Waals surface area contributed by atoms with Crippen LogP contribution in [0.4, 0.5) is 11.5 Å². The molecule has 27 heavy (non-hydrogen) atoms. The average Bonchev–Trinajstić information content (AvgIpc) is 3.16. The molecule has 1 aromatic carbocycles. The lowest BCUT2D eigenvalue weighted by Crippen LogP contribution is -2.12. The van der Waals surface area contributed by atoms with Crippen molar-refractivity contribution in [1.82, 2.24) is 24.6 Å². The smallest absolute Gasteiger partial charge is 0.165 e. The largest absolute Gasteiger partial charge is 0.328 e. The summed E-state index contributed by atoms with van der Waals surface area (Å²) in [5.41, 5.74) is 4.70. The average molecular weight is 352 g/mol. The van der Waals surface area contributed by atoms with Gasteiger partial charge in [0.15, 0.2) is 5.65 Å². The van der Waals surface area contributed by atoms with E-state index in [0.29, 0.717) is 0 Å². The van der Waals surface area contributed by atoms with Crippen LogP contribution in [0, 0.1) is 0 Å². The molecule has 0 N–H and O–H groups in total. The lowest BCUT2D eigenvalue weighted by atomic mass is 10.0. The molecule has 0 aliphatic rings. The van der Waals surface area contributed by atoms with E-state index in [0.717, 1.165) is 39.2 Å². The number of pyridine rings is 2. The minimum absolute atomic E-state index is 0.793. The number of aromatic nitrogens is 5. The van der Waals surface area contributed by atoms with Crippen LogP contribution in [-0.2, 0) is 0 Å². The summed E-state index contributed by atoms with van der Waals surface area (Å²) in [6.45, 7) is 0. The van der Waals surface area contributed by atoms with Crippen LogP contribution < -0.4 is 4.90 Å². The Bertz CT molecular complexity index is 1240. The number of anilines is 2. The van der Waals surface area contributed by atoms with Crippen molar-refractivity contribution >= 4 is 28.1 Å². The van der Waals surface area contributed by atoms with E-state index in [4.69, 9.17) is 4.98 Å². The van der Waals surface area contributed by atoms with E-state index in [1.807, 2.05) is 67.1 Å². The molecule has 0 aliphatic carbocycles. The minimum Gasteiger partial charge on any atom is -0.328 e. The van der Waals surface area contributed by atoms with Crippen molar-refractivity contribution in [2.24, 2.45) is 0 Å². The predicted molar refractivity (Wildman–Crippen MR) is 106 cm³/mol. The van der Waals surface area contributed by atoms with E-state index in [9.17, 15) is 0 Å². The van der Waals surface area contributed by atoms with Crippen molar-refractivity contribution in [2.45, 2.75) is 0 Å². The van der Waals surface area contributed by atoms with Gasteiger partial charge >= 0.3 is 0 Å². The normalized spacial score (nSPS) is 11.1. The van der Waals surface area contributed by atoms with Crippen LogP contribution in [0.25, 0.3) is 27.7 Å². The van der Waals surface area contributed by atoms with Crippen LogP contribution in [-0.4, -0.2) is 31.6 Å². The van der Waals surface area contributed by atoms with Gasteiger partial charge in [-0.1, -0.05) is 24.3 Å². The Kier molecular flexibility index (Phi) is 3.53. The summed E-state index contributed by atoms with van der Waals surface area (Å²) < 4.78 is 1.79. The van der Waals surface area contributed by atoms with E-state index < -0.39 is 0 Å². The minimum atomic E-state index is 0.793. The SMILES string of the molecule is CN(c1cccnc1)c1ccn2ncc(-c3cccc4cccnc34)c2n1. The second kappa shape index (κ2) is 6.17. The van der Waals surface area contributed by atoms with Crippen molar-refractivity contribution in [3.8, 4) is 11.1 Å². The molecule has 0 atom stereocenters. The number of benzene rings is 1. The summed E-state index contributed by atoms with van der Waals surface area (Å²) in [6.07, 6.45) is 9.16. The lowest BCUT2D eigenvalue weighted by molar-refractivity contribution is 0.933. The molecule has 4 aromatic heterocycles. The number of hydrogen-bond donors (Lipinski definition) is 0. The first-order valence-corrected chi connectivity index (χ1v) is 8.63. The van der Waals surface area contributed by atoms with Gasteiger partial charge in [-0.25, -0.2) is 9.50 Å². The van der Waals surface area contributed by atoms with Gasteiger partial charge in [0.2, 0.25) is 0 Å². The van der Waals surface area contributed by atoms with Gasteiger partial charge in [-0.05, 0) is 24.3 Å². The van der Waals surface area contributed by atoms with Crippen LogP contribution in [0.2, 0.25) is 0 Å². The van der Waals surface area contributed by atoms with Crippen LogP contribution in [0.5, 0.6) is 0 Å². The fourth-order valence-corrected chi connectivity index (χ4v) is 3.24. The lowest BCUT2D eigenvalue weighted by Gasteiger charge is -2.17. The molecule has 0 spiro atoms. The maximum absolute atomic E-state index is 4.87. The summed E-state index contributed by atoms with van der Waals surface area (Å²) in [5, 5.41) is 5.57. The topological polar surface area (TPSA) is 59.2 Å². The Labute approximate surface area is 155 Å². The van der Waals surface area contributed by atoms with Crippen molar-refractivity contribution in [3.63, 3.8) is 0 Å². The molecule has 4 heterocycles. The molecule has 5 rings (SSSR count). The molecule has 0 unspecified atom stereocenters. The fraction of sp³-hybridized carbons (Fsp3) is 0.0476. The Hall–Kier alpha value is -3.80. The second-order valence-electron chi connectivity index (χ2n) is 6.26. The zero-order chi connectivity index (χ0) is 18.2. The number of nitrogens with zero attached hydrogens (tertiary/aromatic N) is 6. The molecule has 0 radical (unpaired) electrons. The maximum atomic E-state index is 4.87. The first-order chi connectivity index (χ1) is 13.3. The highest BCUT2D eigenvalue weighted by Crippen LogP contribution is 2.30. The van der Waals surface area contributed by atoms with Gasteiger partial charge in [0.1, 0.15) is 5.82 Å². The molecular formula is C21H16N6. The predicted octanol–water partition coefficient (Wildman–Crippen LogP) is 4.11. The van der Waals surface area contributed by atoms with Gasteiger partial charge in [-0.3, -0.25) is 9.97 Å². The van der Waals surface area contributed by atoms with Gasteiger partial charge < -0.3 is 4.90 Å². The Morgan fingerprint density at radius 3 is 2.67 bits per heavy atom. The van der Waals surface area contributed by atoms with Crippen LogP contribution in [0.1, 0.15) is 0 Å². The maximum Gasteiger partial charge on any atom is 0.165 e. The van der Waals surface area contributed by atoms with E-state index in [2.05, 4.69) is 33.3 Å². The third kappa shape index (κ3) is 2.58. The summed E-state index contributed by atoms with van der Waals surface area (Å²) >= 11 is 0. The zero-order valence-electron chi connectivity index (χ0n) is 14.7. The second-order valence-corrected chi connectivity index (χ2v) is 6.26. The molecule has 0 bridgehead atoms. The Morgan fingerprint density at radius 1 is 0.889 bits per heavy atom. The standard InChI is InChI=1S/C21H16N6/c1-26(16-7-4-10-22-13-16)19-9-12-27-21(25-19)18(14-24-27)17-8-2-5-15-6-3-11-23-20(15)17/h2-14H,1H3. The number of para-hydroxylation sites is 1. The molecule has 0 aliphatic heterocycles. The summed E-state index contributed by atoms with van der Waals surface area (Å²) in [4.78, 5) is 15.6. The number of hydrogen-bond acceptors (Lipinski definition) is 5. The van der Waals surface area contributed by atoms with Gasteiger partial charge in [0.05, 0.1) is 23.6 Å². The molecule has 6 nitrogen and oxygen atoms in total. The number of fused-ring (bicyclic) bond motifs is 2. The molecule has 130 valence electrons. The molecule has 0 amide bonds. The van der Waals surface area contributed by atoms with Crippen LogP contribution in [0.3, 0.4) is 0 Å². The van der Waals surface area contributed by atoms with E-state index in [1.54, 1.807) is 10.7 Å². The quantitative estimate of drug-likeness (QED) is 0.489. The van der Waals surface area contributed by atoms with Crippen molar-refractivity contribution in [1.29, 1.82) is 0 Å². The van der Waals surface area contributed by atoms with Gasteiger partial charge in [-0.15, -0.1) is 0 Å².